The van der Waals surface area contributed by atoms with E-state index < -0.39 is 43.3 Å². The fourth-order valence-corrected chi connectivity index (χ4v) is 6.95. The second-order valence-electron chi connectivity index (χ2n) is 12.0. The van der Waals surface area contributed by atoms with Gasteiger partial charge in [0.2, 0.25) is 0 Å². The van der Waals surface area contributed by atoms with Gasteiger partial charge in [-0.15, -0.1) is 0 Å². The third kappa shape index (κ3) is 11.7. The Balaban J connectivity index is 1.69. The highest BCUT2D eigenvalue weighted by Crippen LogP contribution is 2.50. The summed E-state index contributed by atoms with van der Waals surface area (Å²) in [5, 5.41) is 2.83. The zero-order chi connectivity index (χ0) is 37.8. The Morgan fingerprint density at radius 3 is 1.71 bits per heavy atom. The van der Waals surface area contributed by atoms with Gasteiger partial charge in [0.25, 0.3) is 5.91 Å². The molecule has 13 heteroatoms. The highest BCUT2D eigenvalue weighted by Gasteiger charge is 2.33. The van der Waals surface area contributed by atoms with Gasteiger partial charge in [0.05, 0.1) is 24.3 Å². The fraction of sp³-hybridized carbons (Fsp3) is 0.359. The molecule has 0 fully saturated rings. The summed E-state index contributed by atoms with van der Waals surface area (Å²) < 4.78 is 113. The number of unbranched alkanes of at least 4 members (excludes halogenated alkanes) is 4. The summed E-state index contributed by atoms with van der Waals surface area (Å²) in [6.07, 6.45) is -4.64. The first-order chi connectivity index (χ1) is 24.7. The van der Waals surface area contributed by atoms with Crippen molar-refractivity contribution in [2.75, 3.05) is 26.1 Å². The van der Waals surface area contributed by atoms with Crippen LogP contribution in [-0.2, 0) is 32.4 Å². The topological polar surface area (TPSA) is 73.9 Å². The minimum Gasteiger partial charge on any atom is -0.480 e. The van der Waals surface area contributed by atoms with Crippen molar-refractivity contribution >= 4 is 13.5 Å². The summed E-state index contributed by atoms with van der Waals surface area (Å²) in [6.45, 7) is 3.42. The maximum atomic E-state index is 13.8. The standard InChI is InChI=1S/C39H42F6NO5P/c1-3-50-52(48,51-4-2)27-49-36-34(29-18-13-20-32(23-29)38(40,41)42)25-31(26-35(36)30-19-14-21-33(24-30)39(43,44)45)37(47)46-22-12-7-5-6-9-15-28-16-10-8-11-17-28/h8,10-11,13-14,16-21,23-26H,3-7,9,12,15,22,27H2,1-2H3,(H,46,47). The van der Waals surface area contributed by atoms with Crippen molar-refractivity contribution in [3.63, 3.8) is 0 Å². The number of alkyl halides is 6. The van der Waals surface area contributed by atoms with Gasteiger partial charge in [-0.3, -0.25) is 9.36 Å². The molecule has 0 radical (unpaired) electrons. The van der Waals surface area contributed by atoms with E-state index in [0.29, 0.717) is 13.0 Å². The highest BCUT2D eigenvalue weighted by atomic mass is 31.2. The minimum atomic E-state index is -4.73. The van der Waals surface area contributed by atoms with E-state index in [1.54, 1.807) is 13.8 Å². The molecule has 4 aromatic rings. The number of aryl methyl sites for hydroxylation is 1. The van der Waals surface area contributed by atoms with Crippen LogP contribution in [0.4, 0.5) is 26.3 Å². The second kappa shape index (κ2) is 18.6. The van der Waals surface area contributed by atoms with Crippen molar-refractivity contribution in [3.8, 4) is 28.0 Å². The summed E-state index contributed by atoms with van der Waals surface area (Å²) in [4.78, 5) is 13.6. The molecule has 1 amide bonds. The van der Waals surface area contributed by atoms with E-state index in [1.165, 1.54) is 42.0 Å². The molecule has 0 bridgehead atoms. The predicted octanol–water partition coefficient (Wildman–Crippen LogP) is 11.6. The Kier molecular flexibility index (Phi) is 14.5. The molecule has 0 saturated heterocycles. The lowest BCUT2D eigenvalue weighted by Gasteiger charge is -2.22. The van der Waals surface area contributed by atoms with Gasteiger partial charge in [-0.1, -0.05) is 73.9 Å². The molecular formula is C39H42F6NO5P. The van der Waals surface area contributed by atoms with Gasteiger partial charge in [0.1, 0.15) is 5.75 Å². The Hall–Kier alpha value is -4.12. The van der Waals surface area contributed by atoms with Crippen molar-refractivity contribution < 1.29 is 49.5 Å². The smallest absolute Gasteiger partial charge is 0.416 e. The molecule has 52 heavy (non-hydrogen) atoms. The summed E-state index contributed by atoms with van der Waals surface area (Å²) >= 11 is 0. The molecule has 6 nitrogen and oxygen atoms in total. The van der Waals surface area contributed by atoms with E-state index in [0.717, 1.165) is 56.4 Å². The molecule has 0 spiro atoms. The van der Waals surface area contributed by atoms with Crippen LogP contribution >= 0.6 is 7.60 Å². The first-order valence-corrected chi connectivity index (χ1v) is 18.8. The molecule has 0 heterocycles. The Labute approximate surface area is 300 Å². The molecule has 4 rings (SSSR count). The molecule has 0 saturated carbocycles. The molecule has 0 atom stereocenters. The van der Waals surface area contributed by atoms with Crippen LogP contribution in [0.15, 0.2) is 91.0 Å². The Morgan fingerprint density at radius 2 is 1.19 bits per heavy atom. The lowest BCUT2D eigenvalue weighted by atomic mass is 9.92. The monoisotopic (exact) mass is 749 g/mol. The number of nitrogens with one attached hydrogen (secondary N) is 1. The number of rotatable bonds is 18. The molecular weight excluding hydrogens is 707 g/mol. The summed E-state index contributed by atoms with van der Waals surface area (Å²) in [5.41, 5.74) is -0.885. The quantitative estimate of drug-likeness (QED) is 0.0623. The maximum Gasteiger partial charge on any atom is 0.416 e. The zero-order valence-corrected chi connectivity index (χ0v) is 29.9. The zero-order valence-electron chi connectivity index (χ0n) is 29.0. The van der Waals surface area contributed by atoms with Crippen molar-refractivity contribution in [2.45, 2.75) is 64.7 Å². The van der Waals surface area contributed by atoms with Gasteiger partial charge in [-0.05, 0) is 86.2 Å². The maximum absolute atomic E-state index is 13.8. The largest absolute Gasteiger partial charge is 0.480 e. The number of ether oxygens (including phenoxy) is 1. The first kappa shape index (κ1) is 40.6. The normalized spacial score (nSPS) is 12.2. The second-order valence-corrected chi connectivity index (χ2v) is 14.0. The van der Waals surface area contributed by atoms with Gasteiger partial charge in [-0.25, -0.2) is 0 Å². The fourth-order valence-electron chi connectivity index (χ4n) is 5.65. The van der Waals surface area contributed by atoms with Gasteiger partial charge in [0, 0.05) is 23.2 Å². The SMILES string of the molecule is CCOP(=O)(COc1c(-c2cccc(C(F)(F)F)c2)cc(C(=O)NCCCCCCCc2ccccc2)cc1-c1cccc(C(F)(F)F)c1)OCC. The van der Waals surface area contributed by atoms with E-state index in [1.807, 2.05) is 18.2 Å². The molecule has 280 valence electrons. The molecule has 0 aliphatic carbocycles. The predicted molar refractivity (Wildman–Crippen MR) is 189 cm³/mol. The molecule has 1 N–H and O–H groups in total. The molecule has 4 aromatic carbocycles. The number of carbonyl (C=O) groups is 1. The number of carbonyl (C=O) groups excluding carboxylic acids is 1. The molecule has 0 unspecified atom stereocenters. The summed E-state index contributed by atoms with van der Waals surface area (Å²) in [5.74, 6) is -0.781. The Bertz CT molecular complexity index is 1720. The van der Waals surface area contributed by atoms with Gasteiger partial charge < -0.3 is 19.1 Å². The van der Waals surface area contributed by atoms with E-state index in [9.17, 15) is 35.7 Å². The van der Waals surface area contributed by atoms with Gasteiger partial charge >= 0.3 is 19.9 Å². The molecule has 0 aliphatic rings. The minimum absolute atomic E-state index is 0.0194. The number of hydrogen-bond acceptors (Lipinski definition) is 5. The summed E-state index contributed by atoms with van der Waals surface area (Å²) in [7, 11) is -3.92. The van der Waals surface area contributed by atoms with Crippen molar-refractivity contribution in [1.29, 1.82) is 0 Å². The average molecular weight is 750 g/mol. The van der Waals surface area contributed by atoms with Crippen LogP contribution in [0.3, 0.4) is 0 Å². The average Bonchev–Trinajstić information content (AvgIpc) is 3.11. The number of halogens is 6. The van der Waals surface area contributed by atoms with Crippen LogP contribution in [0.2, 0.25) is 0 Å². The van der Waals surface area contributed by atoms with Gasteiger partial charge in [0.15, 0.2) is 6.35 Å². The number of benzene rings is 4. The van der Waals surface area contributed by atoms with Crippen molar-refractivity contribution in [3.05, 3.63) is 113 Å². The van der Waals surface area contributed by atoms with Crippen molar-refractivity contribution in [1.82, 2.24) is 5.32 Å². The van der Waals surface area contributed by atoms with Crippen LogP contribution in [-0.4, -0.2) is 32.0 Å². The molecule has 0 aliphatic heterocycles. The van der Waals surface area contributed by atoms with Crippen LogP contribution in [0.1, 0.15) is 73.0 Å². The first-order valence-electron chi connectivity index (χ1n) is 17.1. The Morgan fingerprint density at radius 1 is 0.673 bits per heavy atom. The third-order valence-electron chi connectivity index (χ3n) is 8.14. The number of hydrogen-bond donors (Lipinski definition) is 1. The van der Waals surface area contributed by atoms with E-state index >= 15 is 0 Å². The van der Waals surface area contributed by atoms with E-state index in [2.05, 4.69) is 17.4 Å². The van der Waals surface area contributed by atoms with Crippen LogP contribution in [0.5, 0.6) is 5.75 Å². The molecule has 0 aromatic heterocycles. The van der Waals surface area contributed by atoms with Crippen LogP contribution < -0.4 is 10.1 Å². The highest BCUT2D eigenvalue weighted by molar-refractivity contribution is 7.53. The van der Waals surface area contributed by atoms with Crippen LogP contribution in [0.25, 0.3) is 22.3 Å². The lowest BCUT2D eigenvalue weighted by molar-refractivity contribution is -0.138. The summed E-state index contributed by atoms with van der Waals surface area (Å²) in [6, 6.07) is 21.3. The van der Waals surface area contributed by atoms with Crippen molar-refractivity contribution in [2.24, 2.45) is 0 Å². The van der Waals surface area contributed by atoms with Crippen LogP contribution in [0, 0.1) is 0 Å². The number of amides is 1. The lowest BCUT2D eigenvalue weighted by Crippen LogP contribution is -2.24. The van der Waals surface area contributed by atoms with E-state index in [4.69, 9.17) is 13.8 Å². The van der Waals surface area contributed by atoms with Gasteiger partial charge in [-0.2, -0.15) is 26.3 Å². The van der Waals surface area contributed by atoms with E-state index in [-0.39, 0.29) is 46.8 Å². The third-order valence-corrected chi connectivity index (χ3v) is 9.89.